The highest BCUT2D eigenvalue weighted by Gasteiger charge is 2.20. The molecular formula is C16H18O4. The third-order valence-electron chi connectivity index (χ3n) is 3.95. The fraction of sp³-hybridized carbons (Fsp3) is 0.250. The Bertz CT molecular complexity index is 641. The summed E-state index contributed by atoms with van der Waals surface area (Å²) in [5.74, 6) is -0.184. The van der Waals surface area contributed by atoms with E-state index in [0.717, 1.165) is 0 Å². The molecule has 2 rings (SSSR count). The molecule has 0 fully saturated rings. The molecule has 0 atom stereocenters. The van der Waals surface area contributed by atoms with Crippen LogP contribution < -0.4 is 0 Å². The van der Waals surface area contributed by atoms with Crippen LogP contribution in [-0.2, 0) is 0 Å². The summed E-state index contributed by atoms with van der Waals surface area (Å²) in [7, 11) is 0. The van der Waals surface area contributed by atoms with Gasteiger partial charge in [0, 0.05) is 23.3 Å². The first kappa shape index (κ1) is 14.1. The summed E-state index contributed by atoms with van der Waals surface area (Å²) < 4.78 is 0. The molecule has 0 saturated carbocycles. The maximum atomic E-state index is 10.1. The van der Waals surface area contributed by atoms with Crippen LogP contribution in [-0.4, -0.2) is 20.4 Å². The van der Waals surface area contributed by atoms with Crippen molar-refractivity contribution in [2.75, 3.05) is 0 Å². The summed E-state index contributed by atoms with van der Waals surface area (Å²) in [5.41, 5.74) is 3.60. The van der Waals surface area contributed by atoms with Crippen molar-refractivity contribution in [3.05, 3.63) is 34.4 Å². The second-order valence-electron chi connectivity index (χ2n) is 5.08. The van der Waals surface area contributed by atoms with Gasteiger partial charge < -0.3 is 20.4 Å². The molecule has 0 amide bonds. The average Bonchev–Trinajstić information content (AvgIpc) is 2.37. The van der Waals surface area contributed by atoms with Crippen LogP contribution in [0.5, 0.6) is 23.0 Å². The zero-order chi connectivity index (χ0) is 15.2. The maximum absolute atomic E-state index is 10.1. The van der Waals surface area contributed by atoms with Gasteiger partial charge in [0.25, 0.3) is 0 Å². The normalized spacial score (nSPS) is 10.8. The zero-order valence-electron chi connectivity index (χ0n) is 11.9. The predicted molar refractivity (Wildman–Crippen MR) is 77.5 cm³/mol. The molecule has 2 aromatic rings. The van der Waals surface area contributed by atoms with Gasteiger partial charge in [-0.3, -0.25) is 0 Å². The van der Waals surface area contributed by atoms with E-state index >= 15 is 0 Å². The highest BCUT2D eigenvalue weighted by molar-refractivity contribution is 5.84. The number of phenolic OH excluding ortho intramolecular Hbond substituents is 4. The molecule has 0 aromatic heterocycles. The van der Waals surface area contributed by atoms with E-state index < -0.39 is 0 Å². The highest BCUT2D eigenvalue weighted by Crippen LogP contribution is 2.45. The molecule has 0 aliphatic rings. The van der Waals surface area contributed by atoms with Crippen LogP contribution in [0.2, 0.25) is 0 Å². The fourth-order valence-electron chi connectivity index (χ4n) is 2.39. The van der Waals surface area contributed by atoms with Gasteiger partial charge in [0.1, 0.15) is 23.0 Å². The van der Waals surface area contributed by atoms with Crippen LogP contribution in [0.15, 0.2) is 12.1 Å². The van der Waals surface area contributed by atoms with E-state index in [9.17, 15) is 20.4 Å². The van der Waals surface area contributed by atoms with Gasteiger partial charge in [0.05, 0.1) is 0 Å². The van der Waals surface area contributed by atoms with E-state index in [1.54, 1.807) is 27.7 Å². The van der Waals surface area contributed by atoms with Gasteiger partial charge in [-0.25, -0.2) is 0 Å². The van der Waals surface area contributed by atoms with E-state index in [1.165, 1.54) is 12.1 Å². The van der Waals surface area contributed by atoms with E-state index in [4.69, 9.17) is 0 Å². The van der Waals surface area contributed by atoms with Crippen LogP contribution in [0.1, 0.15) is 22.3 Å². The number of hydrogen-bond acceptors (Lipinski definition) is 4. The standard InChI is InChI=1S/C16H18O4/c1-7-9(3)15(13(19)5-11(7)17)16-10(4)8(2)12(18)6-14(16)20/h5-6,17-20H,1-4H3. The third-order valence-corrected chi connectivity index (χ3v) is 3.95. The van der Waals surface area contributed by atoms with Gasteiger partial charge >= 0.3 is 0 Å². The zero-order valence-corrected chi connectivity index (χ0v) is 11.9. The molecule has 0 heterocycles. The lowest BCUT2D eigenvalue weighted by Crippen LogP contribution is -1.94. The Hall–Kier alpha value is -2.36. The molecule has 4 N–H and O–H groups in total. The van der Waals surface area contributed by atoms with Crippen molar-refractivity contribution in [2.24, 2.45) is 0 Å². The Labute approximate surface area is 117 Å². The minimum absolute atomic E-state index is 0.0105. The minimum atomic E-state index is -0.103. The SMILES string of the molecule is Cc1c(O)cc(O)c(-c2c(O)cc(O)c(C)c2C)c1C. The summed E-state index contributed by atoms with van der Waals surface area (Å²) >= 11 is 0. The van der Waals surface area contributed by atoms with Crippen LogP contribution >= 0.6 is 0 Å². The van der Waals surface area contributed by atoms with Crippen molar-refractivity contribution in [1.29, 1.82) is 0 Å². The second kappa shape index (κ2) is 4.63. The molecule has 0 unspecified atom stereocenters. The lowest BCUT2D eigenvalue weighted by molar-refractivity contribution is 0.442. The predicted octanol–water partition coefficient (Wildman–Crippen LogP) is 3.41. The number of phenols is 4. The van der Waals surface area contributed by atoms with Crippen molar-refractivity contribution in [2.45, 2.75) is 27.7 Å². The second-order valence-corrected chi connectivity index (χ2v) is 5.08. The van der Waals surface area contributed by atoms with E-state index in [-0.39, 0.29) is 23.0 Å². The molecule has 2 aromatic carbocycles. The first-order valence-corrected chi connectivity index (χ1v) is 6.30. The molecule has 106 valence electrons. The first-order chi connectivity index (χ1) is 9.25. The summed E-state index contributed by atoms with van der Waals surface area (Å²) in [6.45, 7) is 7.02. The van der Waals surface area contributed by atoms with Crippen LogP contribution in [0.3, 0.4) is 0 Å². The van der Waals surface area contributed by atoms with Crippen LogP contribution in [0.4, 0.5) is 0 Å². The minimum Gasteiger partial charge on any atom is -0.508 e. The average molecular weight is 274 g/mol. The van der Waals surface area contributed by atoms with Crippen molar-refractivity contribution in [3.63, 3.8) is 0 Å². The Morgan fingerprint density at radius 1 is 0.500 bits per heavy atom. The third kappa shape index (κ3) is 1.93. The summed E-state index contributed by atoms with van der Waals surface area (Å²) in [5, 5.41) is 39.7. The van der Waals surface area contributed by atoms with Crippen molar-refractivity contribution in [3.8, 4) is 34.1 Å². The van der Waals surface area contributed by atoms with Crippen molar-refractivity contribution >= 4 is 0 Å². The molecule has 0 aliphatic carbocycles. The smallest absolute Gasteiger partial charge is 0.127 e. The summed E-state index contributed by atoms with van der Waals surface area (Å²) in [4.78, 5) is 0. The lowest BCUT2D eigenvalue weighted by Gasteiger charge is -2.18. The molecular weight excluding hydrogens is 256 g/mol. The van der Waals surface area contributed by atoms with Crippen LogP contribution in [0.25, 0.3) is 11.1 Å². The van der Waals surface area contributed by atoms with Crippen molar-refractivity contribution < 1.29 is 20.4 Å². The Kier molecular flexibility index (Phi) is 3.26. The molecule has 4 heteroatoms. The number of rotatable bonds is 1. The topological polar surface area (TPSA) is 80.9 Å². The van der Waals surface area contributed by atoms with Gasteiger partial charge in [-0.15, -0.1) is 0 Å². The summed E-state index contributed by atoms with van der Waals surface area (Å²) in [6.07, 6.45) is 0. The Morgan fingerprint density at radius 3 is 1.10 bits per heavy atom. The maximum Gasteiger partial charge on any atom is 0.127 e. The highest BCUT2D eigenvalue weighted by atomic mass is 16.3. The monoisotopic (exact) mass is 274 g/mol. The molecule has 4 nitrogen and oxygen atoms in total. The molecule has 0 spiro atoms. The van der Waals surface area contributed by atoms with E-state index in [2.05, 4.69) is 0 Å². The lowest BCUT2D eigenvalue weighted by atomic mass is 9.90. The molecule has 0 saturated heterocycles. The van der Waals surface area contributed by atoms with Crippen molar-refractivity contribution in [1.82, 2.24) is 0 Å². The number of hydrogen-bond donors (Lipinski definition) is 4. The largest absolute Gasteiger partial charge is 0.508 e. The molecule has 0 bridgehead atoms. The van der Waals surface area contributed by atoms with Gasteiger partial charge in [-0.05, 0) is 49.9 Å². The molecule has 20 heavy (non-hydrogen) atoms. The fourth-order valence-corrected chi connectivity index (χ4v) is 2.39. The van der Waals surface area contributed by atoms with Gasteiger partial charge in [-0.1, -0.05) is 0 Å². The number of aromatic hydroxyl groups is 4. The van der Waals surface area contributed by atoms with E-state index in [1.807, 2.05) is 0 Å². The van der Waals surface area contributed by atoms with Crippen LogP contribution in [0, 0.1) is 27.7 Å². The summed E-state index contributed by atoms with van der Waals surface area (Å²) in [6, 6.07) is 2.53. The van der Waals surface area contributed by atoms with Gasteiger partial charge in [0.2, 0.25) is 0 Å². The first-order valence-electron chi connectivity index (χ1n) is 6.30. The molecule has 0 radical (unpaired) electrons. The van der Waals surface area contributed by atoms with Gasteiger partial charge in [-0.2, -0.15) is 0 Å². The Balaban J connectivity index is 2.90. The van der Waals surface area contributed by atoms with Gasteiger partial charge in [0.15, 0.2) is 0 Å². The molecule has 0 aliphatic heterocycles. The quantitative estimate of drug-likeness (QED) is 0.642. The Morgan fingerprint density at radius 2 is 0.800 bits per heavy atom. The number of benzene rings is 2. The van der Waals surface area contributed by atoms with E-state index in [0.29, 0.717) is 33.4 Å².